The fourth-order valence-corrected chi connectivity index (χ4v) is 2.45. The first-order valence-corrected chi connectivity index (χ1v) is 4.98. The second-order valence-corrected chi connectivity index (χ2v) is 4.55. The van der Waals surface area contributed by atoms with Crippen molar-refractivity contribution in [3.8, 4) is 0 Å². The Morgan fingerprint density at radius 2 is 2.45 bits per heavy atom. The lowest BCUT2D eigenvalue weighted by atomic mass is 10.4. The minimum absolute atomic E-state index is 0.531. The van der Waals surface area contributed by atoms with Crippen LogP contribution in [0.5, 0.6) is 0 Å². The SMILES string of the molecule is NOCCc1cc(Br)c(Cl)s1. The molecule has 0 atom stereocenters. The number of halogens is 2. The largest absolute Gasteiger partial charge is 0.304 e. The zero-order valence-corrected chi connectivity index (χ0v) is 8.80. The molecular formula is C6H7BrClNOS. The minimum Gasteiger partial charge on any atom is -0.304 e. The van der Waals surface area contributed by atoms with Crippen LogP contribution in [0, 0.1) is 0 Å². The van der Waals surface area contributed by atoms with Crippen LogP contribution in [-0.4, -0.2) is 6.61 Å². The molecular weight excluding hydrogens is 249 g/mol. The summed E-state index contributed by atoms with van der Waals surface area (Å²) in [6, 6.07) is 1.98. The van der Waals surface area contributed by atoms with Crippen molar-refractivity contribution in [3.05, 3.63) is 19.8 Å². The standard InChI is InChI=1S/C6H7BrClNOS/c7-5-3-4(1-2-10-9)11-6(5)8/h3H,1-2,9H2. The Bertz CT molecular complexity index is 221. The van der Waals surface area contributed by atoms with Crippen molar-refractivity contribution in [2.24, 2.45) is 5.90 Å². The molecule has 2 nitrogen and oxygen atoms in total. The van der Waals surface area contributed by atoms with E-state index in [-0.39, 0.29) is 0 Å². The molecule has 62 valence electrons. The Hall–Kier alpha value is 0.390. The quantitative estimate of drug-likeness (QED) is 0.844. The van der Waals surface area contributed by atoms with Gasteiger partial charge in [0, 0.05) is 15.8 Å². The highest BCUT2D eigenvalue weighted by molar-refractivity contribution is 9.10. The lowest BCUT2D eigenvalue weighted by Gasteiger charge is -1.92. The monoisotopic (exact) mass is 255 g/mol. The van der Waals surface area contributed by atoms with Crippen LogP contribution < -0.4 is 5.90 Å². The van der Waals surface area contributed by atoms with E-state index in [1.807, 2.05) is 6.07 Å². The number of hydrogen-bond donors (Lipinski definition) is 1. The Morgan fingerprint density at radius 3 is 2.91 bits per heavy atom. The Balaban J connectivity index is 2.58. The van der Waals surface area contributed by atoms with Gasteiger partial charge in [0.15, 0.2) is 0 Å². The van der Waals surface area contributed by atoms with Gasteiger partial charge in [0.2, 0.25) is 0 Å². The summed E-state index contributed by atoms with van der Waals surface area (Å²) in [4.78, 5) is 5.62. The molecule has 0 aliphatic heterocycles. The van der Waals surface area contributed by atoms with Crippen molar-refractivity contribution >= 4 is 38.9 Å². The van der Waals surface area contributed by atoms with E-state index in [0.29, 0.717) is 6.61 Å². The van der Waals surface area contributed by atoms with E-state index in [9.17, 15) is 0 Å². The molecule has 1 rings (SSSR count). The summed E-state index contributed by atoms with van der Waals surface area (Å²) in [7, 11) is 0. The van der Waals surface area contributed by atoms with Crippen LogP contribution in [0.3, 0.4) is 0 Å². The summed E-state index contributed by atoms with van der Waals surface area (Å²) in [5.74, 6) is 4.88. The molecule has 0 aliphatic rings. The highest BCUT2D eigenvalue weighted by atomic mass is 79.9. The minimum atomic E-state index is 0.531. The normalized spacial score (nSPS) is 10.5. The second kappa shape index (κ2) is 4.42. The van der Waals surface area contributed by atoms with Crippen LogP contribution in [0.1, 0.15) is 4.88 Å². The van der Waals surface area contributed by atoms with Gasteiger partial charge in [0.1, 0.15) is 4.34 Å². The van der Waals surface area contributed by atoms with Gasteiger partial charge in [-0.2, -0.15) is 0 Å². The Morgan fingerprint density at radius 1 is 1.73 bits per heavy atom. The molecule has 0 fully saturated rings. The van der Waals surface area contributed by atoms with Gasteiger partial charge in [-0.3, -0.25) is 0 Å². The van der Waals surface area contributed by atoms with Crippen LogP contribution in [0.4, 0.5) is 0 Å². The first kappa shape index (κ1) is 9.48. The Kier molecular flexibility index (Phi) is 3.81. The Labute approximate surface area is 82.4 Å². The van der Waals surface area contributed by atoms with Crippen LogP contribution in [-0.2, 0) is 11.3 Å². The molecule has 2 N–H and O–H groups in total. The van der Waals surface area contributed by atoms with E-state index >= 15 is 0 Å². The summed E-state index contributed by atoms with van der Waals surface area (Å²) in [5.41, 5.74) is 0. The summed E-state index contributed by atoms with van der Waals surface area (Å²) < 4.78 is 1.72. The van der Waals surface area contributed by atoms with Gasteiger partial charge in [-0.05, 0) is 22.0 Å². The third kappa shape index (κ3) is 2.72. The number of thiophene rings is 1. The maximum absolute atomic E-state index is 5.81. The average molecular weight is 257 g/mol. The molecule has 1 aromatic rings. The molecule has 0 amide bonds. The van der Waals surface area contributed by atoms with Crippen molar-refractivity contribution in [1.29, 1.82) is 0 Å². The van der Waals surface area contributed by atoms with E-state index in [0.717, 1.165) is 15.2 Å². The number of hydrogen-bond acceptors (Lipinski definition) is 3. The van der Waals surface area contributed by atoms with E-state index in [2.05, 4.69) is 20.8 Å². The van der Waals surface area contributed by atoms with Crippen LogP contribution in [0.15, 0.2) is 10.5 Å². The molecule has 1 aromatic heterocycles. The topological polar surface area (TPSA) is 35.2 Å². The molecule has 0 radical (unpaired) electrons. The lowest BCUT2D eigenvalue weighted by Crippen LogP contribution is -2.02. The molecule has 1 heterocycles. The van der Waals surface area contributed by atoms with E-state index in [1.54, 1.807) is 0 Å². The smallest absolute Gasteiger partial charge is 0.107 e. The second-order valence-electron chi connectivity index (χ2n) is 1.96. The molecule has 0 spiro atoms. The molecule has 5 heteroatoms. The molecule has 0 bridgehead atoms. The molecule has 11 heavy (non-hydrogen) atoms. The van der Waals surface area contributed by atoms with Gasteiger partial charge in [0.05, 0.1) is 6.61 Å². The lowest BCUT2D eigenvalue weighted by molar-refractivity contribution is 0.141. The van der Waals surface area contributed by atoms with Crippen molar-refractivity contribution in [3.63, 3.8) is 0 Å². The molecule has 0 saturated heterocycles. The molecule has 0 unspecified atom stereocenters. The van der Waals surface area contributed by atoms with Crippen LogP contribution in [0.2, 0.25) is 4.34 Å². The maximum Gasteiger partial charge on any atom is 0.107 e. The van der Waals surface area contributed by atoms with E-state index in [4.69, 9.17) is 17.5 Å². The van der Waals surface area contributed by atoms with Gasteiger partial charge in [-0.15, -0.1) is 11.3 Å². The zero-order chi connectivity index (χ0) is 8.27. The zero-order valence-electron chi connectivity index (χ0n) is 5.64. The van der Waals surface area contributed by atoms with Gasteiger partial charge in [-0.25, -0.2) is 5.90 Å². The molecule has 0 aromatic carbocycles. The highest BCUT2D eigenvalue weighted by Gasteiger charge is 2.03. The highest BCUT2D eigenvalue weighted by Crippen LogP contribution is 2.31. The predicted molar refractivity (Wildman–Crippen MR) is 50.9 cm³/mol. The molecule has 0 saturated carbocycles. The van der Waals surface area contributed by atoms with Crippen LogP contribution >= 0.6 is 38.9 Å². The molecule has 0 aliphatic carbocycles. The third-order valence-electron chi connectivity index (χ3n) is 1.16. The van der Waals surface area contributed by atoms with Gasteiger partial charge >= 0.3 is 0 Å². The van der Waals surface area contributed by atoms with Gasteiger partial charge in [0.25, 0.3) is 0 Å². The van der Waals surface area contributed by atoms with Gasteiger partial charge in [-0.1, -0.05) is 11.6 Å². The number of nitrogens with two attached hydrogens (primary N) is 1. The van der Waals surface area contributed by atoms with Crippen LogP contribution in [0.25, 0.3) is 0 Å². The maximum atomic E-state index is 5.81. The fraction of sp³-hybridized carbons (Fsp3) is 0.333. The fourth-order valence-electron chi connectivity index (χ4n) is 0.674. The van der Waals surface area contributed by atoms with E-state index < -0.39 is 0 Å². The average Bonchev–Trinajstić information content (AvgIpc) is 2.28. The third-order valence-corrected chi connectivity index (χ3v) is 3.70. The first-order chi connectivity index (χ1) is 5.24. The summed E-state index contributed by atoms with van der Waals surface area (Å²) in [6.07, 6.45) is 0.812. The summed E-state index contributed by atoms with van der Waals surface area (Å²) in [5, 5.41) is 0. The van der Waals surface area contributed by atoms with Crippen molar-refractivity contribution in [1.82, 2.24) is 0 Å². The first-order valence-electron chi connectivity index (χ1n) is 2.99. The van der Waals surface area contributed by atoms with Crippen molar-refractivity contribution < 1.29 is 4.84 Å². The summed E-state index contributed by atoms with van der Waals surface area (Å²) >= 11 is 10.7. The summed E-state index contributed by atoms with van der Waals surface area (Å²) in [6.45, 7) is 0.531. The van der Waals surface area contributed by atoms with E-state index in [1.165, 1.54) is 16.2 Å². The van der Waals surface area contributed by atoms with Crippen molar-refractivity contribution in [2.75, 3.05) is 6.61 Å². The van der Waals surface area contributed by atoms with Gasteiger partial charge < -0.3 is 4.84 Å². The van der Waals surface area contributed by atoms with Crippen molar-refractivity contribution in [2.45, 2.75) is 6.42 Å². The number of rotatable bonds is 3. The predicted octanol–water partition coefficient (Wildman–Crippen LogP) is 2.60.